The summed E-state index contributed by atoms with van der Waals surface area (Å²) in [6.07, 6.45) is 3.02. The van der Waals surface area contributed by atoms with E-state index < -0.39 is 0 Å². The third kappa shape index (κ3) is 2.71. The first-order chi connectivity index (χ1) is 7.79. The summed E-state index contributed by atoms with van der Waals surface area (Å²) in [6.45, 7) is 4.82. The zero-order valence-electron chi connectivity index (χ0n) is 9.59. The molecule has 0 amide bonds. The molecular formula is C12H18N2O2. The highest BCUT2D eigenvalue weighted by molar-refractivity contribution is 5.39. The fourth-order valence-corrected chi connectivity index (χ4v) is 1.90. The number of hydrogen-bond donors (Lipinski definition) is 1. The van der Waals surface area contributed by atoms with Crippen LogP contribution in [0.2, 0.25) is 0 Å². The average Bonchev–Trinajstić information content (AvgIpc) is 2.54. The highest BCUT2D eigenvalue weighted by Crippen LogP contribution is 2.15. The van der Waals surface area contributed by atoms with E-state index in [2.05, 4.69) is 16.8 Å². The number of rotatable bonds is 2. The summed E-state index contributed by atoms with van der Waals surface area (Å²) in [5.41, 5.74) is 0.850. The van der Waals surface area contributed by atoms with Crippen molar-refractivity contribution in [3.63, 3.8) is 0 Å². The topological polar surface area (TPSA) is 45.6 Å². The van der Waals surface area contributed by atoms with Crippen LogP contribution in [0.25, 0.3) is 0 Å². The molecule has 4 heteroatoms. The monoisotopic (exact) mass is 222 g/mol. The molecule has 0 bridgehead atoms. The number of anilines is 1. The van der Waals surface area contributed by atoms with Crippen LogP contribution in [0.3, 0.4) is 0 Å². The standard InChI is InChI=1S/C12H18N2O2/c1-10-8-14(5-2-6-16-10)12-4-3-11(9-15)7-13-12/h3-4,7,10,15H,2,5-6,8-9H2,1H3. The van der Waals surface area contributed by atoms with Crippen LogP contribution in [0.5, 0.6) is 0 Å². The first kappa shape index (κ1) is 11.4. The molecule has 0 spiro atoms. The molecule has 0 aliphatic carbocycles. The SMILES string of the molecule is CC1CN(c2ccc(CO)cn2)CCCO1. The summed E-state index contributed by atoms with van der Waals surface area (Å²) in [6, 6.07) is 3.88. The fourth-order valence-electron chi connectivity index (χ4n) is 1.90. The van der Waals surface area contributed by atoms with Gasteiger partial charge in [-0.1, -0.05) is 6.07 Å². The molecular weight excluding hydrogens is 204 g/mol. The van der Waals surface area contributed by atoms with Gasteiger partial charge in [-0.15, -0.1) is 0 Å². The number of ether oxygens (including phenoxy) is 1. The number of hydrogen-bond acceptors (Lipinski definition) is 4. The second-order valence-corrected chi connectivity index (χ2v) is 4.16. The lowest BCUT2D eigenvalue weighted by molar-refractivity contribution is 0.0820. The molecule has 1 N–H and O–H groups in total. The van der Waals surface area contributed by atoms with Crippen LogP contribution in [0.1, 0.15) is 18.9 Å². The van der Waals surface area contributed by atoms with Gasteiger partial charge in [0, 0.05) is 25.9 Å². The molecule has 4 nitrogen and oxygen atoms in total. The van der Waals surface area contributed by atoms with Crippen LogP contribution >= 0.6 is 0 Å². The van der Waals surface area contributed by atoms with Gasteiger partial charge in [0.15, 0.2) is 0 Å². The summed E-state index contributed by atoms with van der Waals surface area (Å²) in [4.78, 5) is 6.59. The predicted octanol–water partition coefficient (Wildman–Crippen LogP) is 1.19. The minimum Gasteiger partial charge on any atom is -0.392 e. The first-order valence-electron chi connectivity index (χ1n) is 5.72. The van der Waals surface area contributed by atoms with Gasteiger partial charge in [0.25, 0.3) is 0 Å². The van der Waals surface area contributed by atoms with Gasteiger partial charge < -0.3 is 14.7 Å². The van der Waals surface area contributed by atoms with Gasteiger partial charge in [-0.05, 0) is 25.0 Å². The Hall–Kier alpha value is -1.13. The van der Waals surface area contributed by atoms with Gasteiger partial charge in [-0.3, -0.25) is 0 Å². The summed E-state index contributed by atoms with van der Waals surface area (Å²) in [5, 5.41) is 8.95. The Kier molecular flexibility index (Phi) is 3.74. The van der Waals surface area contributed by atoms with E-state index in [0.717, 1.165) is 37.5 Å². The largest absolute Gasteiger partial charge is 0.392 e. The normalized spacial score (nSPS) is 21.9. The Morgan fingerprint density at radius 2 is 2.44 bits per heavy atom. The molecule has 0 aromatic carbocycles. The van der Waals surface area contributed by atoms with Crippen molar-refractivity contribution in [3.05, 3.63) is 23.9 Å². The van der Waals surface area contributed by atoms with Gasteiger partial charge in [0.1, 0.15) is 5.82 Å². The van der Waals surface area contributed by atoms with Gasteiger partial charge in [0.05, 0.1) is 12.7 Å². The van der Waals surface area contributed by atoms with Gasteiger partial charge in [-0.2, -0.15) is 0 Å². The second-order valence-electron chi connectivity index (χ2n) is 4.16. The minimum atomic E-state index is 0.0484. The van der Waals surface area contributed by atoms with E-state index in [1.165, 1.54) is 0 Å². The van der Waals surface area contributed by atoms with Gasteiger partial charge in [0.2, 0.25) is 0 Å². The lowest BCUT2D eigenvalue weighted by Crippen LogP contribution is -2.30. The van der Waals surface area contributed by atoms with Crippen LogP contribution in [-0.4, -0.2) is 35.9 Å². The molecule has 0 saturated carbocycles. The van der Waals surface area contributed by atoms with Crippen molar-refractivity contribution in [1.82, 2.24) is 4.98 Å². The smallest absolute Gasteiger partial charge is 0.128 e. The van der Waals surface area contributed by atoms with Crippen LogP contribution in [0, 0.1) is 0 Å². The van der Waals surface area contributed by atoms with Crippen LogP contribution in [0.4, 0.5) is 5.82 Å². The Morgan fingerprint density at radius 3 is 3.12 bits per heavy atom. The molecule has 16 heavy (non-hydrogen) atoms. The minimum absolute atomic E-state index is 0.0484. The molecule has 1 fully saturated rings. The van der Waals surface area contributed by atoms with Crippen molar-refractivity contribution in [2.45, 2.75) is 26.1 Å². The molecule has 1 atom stereocenters. The van der Waals surface area contributed by atoms with Crippen molar-refractivity contribution >= 4 is 5.82 Å². The maximum Gasteiger partial charge on any atom is 0.128 e. The van der Waals surface area contributed by atoms with Crippen LogP contribution < -0.4 is 4.90 Å². The van der Waals surface area contributed by atoms with E-state index in [-0.39, 0.29) is 12.7 Å². The number of aromatic nitrogens is 1. The molecule has 1 saturated heterocycles. The maximum absolute atomic E-state index is 8.95. The Bertz CT molecular complexity index is 326. The van der Waals surface area contributed by atoms with E-state index in [4.69, 9.17) is 9.84 Å². The van der Waals surface area contributed by atoms with E-state index in [1.807, 2.05) is 12.1 Å². The maximum atomic E-state index is 8.95. The lowest BCUT2D eigenvalue weighted by Gasteiger charge is -2.23. The molecule has 1 aliphatic rings. The Morgan fingerprint density at radius 1 is 1.56 bits per heavy atom. The summed E-state index contributed by atoms with van der Waals surface area (Å²) in [5.74, 6) is 0.967. The third-order valence-corrected chi connectivity index (χ3v) is 2.77. The number of aliphatic hydroxyl groups excluding tert-OH is 1. The van der Waals surface area contributed by atoms with Crippen LogP contribution in [0.15, 0.2) is 18.3 Å². The van der Waals surface area contributed by atoms with Gasteiger partial charge in [-0.25, -0.2) is 4.98 Å². The zero-order valence-corrected chi connectivity index (χ0v) is 9.59. The summed E-state index contributed by atoms with van der Waals surface area (Å²) >= 11 is 0. The van der Waals surface area contributed by atoms with Crippen molar-refractivity contribution in [3.8, 4) is 0 Å². The van der Waals surface area contributed by atoms with E-state index in [1.54, 1.807) is 6.20 Å². The van der Waals surface area contributed by atoms with Crippen LogP contribution in [-0.2, 0) is 11.3 Å². The molecule has 1 aliphatic heterocycles. The molecule has 1 aromatic rings. The number of pyridine rings is 1. The Labute approximate surface area is 95.9 Å². The van der Waals surface area contributed by atoms with Gasteiger partial charge >= 0.3 is 0 Å². The zero-order chi connectivity index (χ0) is 11.4. The average molecular weight is 222 g/mol. The van der Waals surface area contributed by atoms with E-state index in [0.29, 0.717) is 0 Å². The molecule has 2 heterocycles. The van der Waals surface area contributed by atoms with Crippen molar-refractivity contribution in [2.75, 3.05) is 24.6 Å². The van der Waals surface area contributed by atoms with Crippen molar-refractivity contribution in [1.29, 1.82) is 0 Å². The summed E-state index contributed by atoms with van der Waals surface area (Å²) < 4.78 is 5.59. The molecule has 1 aromatic heterocycles. The number of aliphatic hydroxyl groups is 1. The molecule has 88 valence electrons. The predicted molar refractivity (Wildman–Crippen MR) is 62.4 cm³/mol. The van der Waals surface area contributed by atoms with Crippen molar-refractivity contribution < 1.29 is 9.84 Å². The van der Waals surface area contributed by atoms with E-state index >= 15 is 0 Å². The molecule has 0 radical (unpaired) electrons. The lowest BCUT2D eigenvalue weighted by atomic mass is 10.3. The first-order valence-corrected chi connectivity index (χ1v) is 5.72. The molecule has 2 rings (SSSR count). The summed E-state index contributed by atoms with van der Waals surface area (Å²) in [7, 11) is 0. The fraction of sp³-hybridized carbons (Fsp3) is 0.583. The molecule has 1 unspecified atom stereocenters. The quantitative estimate of drug-likeness (QED) is 0.816. The van der Waals surface area contributed by atoms with E-state index in [9.17, 15) is 0 Å². The second kappa shape index (κ2) is 5.27. The Balaban J connectivity index is 2.09. The van der Waals surface area contributed by atoms with Crippen molar-refractivity contribution in [2.24, 2.45) is 0 Å². The highest BCUT2D eigenvalue weighted by Gasteiger charge is 2.15. The highest BCUT2D eigenvalue weighted by atomic mass is 16.5. The third-order valence-electron chi connectivity index (χ3n) is 2.77. The number of nitrogens with zero attached hydrogens (tertiary/aromatic N) is 2.